The number of benzene rings is 1. The maximum absolute atomic E-state index is 12.4. The van der Waals surface area contributed by atoms with Crippen LogP contribution in [0, 0.1) is 5.92 Å². The van der Waals surface area contributed by atoms with E-state index in [1.807, 2.05) is 0 Å². The second-order valence-corrected chi connectivity index (χ2v) is 6.90. The molecular formula is C16H21F2N3O2S. The number of anilines is 1. The van der Waals surface area contributed by atoms with Gasteiger partial charge in [0.1, 0.15) is 0 Å². The Bertz CT molecular complexity index is 590. The molecule has 132 valence electrons. The SMILES string of the molecule is CN(C)C(=O)N1CCC(C(=O)Nc2cccc(SC(F)F)c2)CC1. The minimum Gasteiger partial charge on any atom is -0.331 e. The first-order chi connectivity index (χ1) is 11.4. The molecule has 1 fully saturated rings. The topological polar surface area (TPSA) is 52.7 Å². The van der Waals surface area contributed by atoms with Crippen LogP contribution >= 0.6 is 11.8 Å². The van der Waals surface area contributed by atoms with Crippen LogP contribution < -0.4 is 5.32 Å². The number of hydrogen-bond donors (Lipinski definition) is 1. The quantitative estimate of drug-likeness (QED) is 0.841. The number of amides is 3. The fourth-order valence-electron chi connectivity index (χ4n) is 2.61. The Balaban J connectivity index is 1.89. The zero-order valence-electron chi connectivity index (χ0n) is 13.7. The van der Waals surface area contributed by atoms with Crippen molar-refractivity contribution in [2.75, 3.05) is 32.5 Å². The minimum atomic E-state index is -2.49. The van der Waals surface area contributed by atoms with Crippen molar-refractivity contribution in [2.24, 2.45) is 5.92 Å². The van der Waals surface area contributed by atoms with E-state index >= 15 is 0 Å². The second kappa shape index (κ2) is 8.32. The van der Waals surface area contributed by atoms with Crippen molar-refractivity contribution >= 4 is 29.4 Å². The van der Waals surface area contributed by atoms with E-state index in [2.05, 4.69) is 5.32 Å². The van der Waals surface area contributed by atoms with Crippen LogP contribution in [-0.2, 0) is 4.79 Å². The van der Waals surface area contributed by atoms with Crippen LogP contribution in [0.2, 0.25) is 0 Å². The number of nitrogens with zero attached hydrogens (tertiary/aromatic N) is 2. The third-order valence-corrected chi connectivity index (χ3v) is 4.55. The van der Waals surface area contributed by atoms with Gasteiger partial charge in [-0.25, -0.2) is 4.79 Å². The van der Waals surface area contributed by atoms with E-state index in [4.69, 9.17) is 0 Å². The number of likely N-dealkylation sites (tertiary alicyclic amines) is 1. The molecule has 0 spiro atoms. The number of nitrogens with one attached hydrogen (secondary N) is 1. The lowest BCUT2D eigenvalue weighted by Gasteiger charge is -2.33. The monoisotopic (exact) mass is 357 g/mol. The summed E-state index contributed by atoms with van der Waals surface area (Å²) >= 11 is 0.448. The first-order valence-electron chi connectivity index (χ1n) is 7.69. The van der Waals surface area contributed by atoms with Gasteiger partial charge in [0.05, 0.1) is 0 Å². The molecule has 1 aliphatic heterocycles. The summed E-state index contributed by atoms with van der Waals surface area (Å²) in [6.45, 7) is 1.08. The van der Waals surface area contributed by atoms with Crippen LogP contribution in [0.5, 0.6) is 0 Å². The summed E-state index contributed by atoms with van der Waals surface area (Å²) in [5.74, 6) is -2.80. The van der Waals surface area contributed by atoms with Gasteiger partial charge in [0.15, 0.2) is 0 Å². The molecule has 3 amide bonds. The molecule has 1 aliphatic rings. The van der Waals surface area contributed by atoms with Crippen LogP contribution in [0.25, 0.3) is 0 Å². The van der Waals surface area contributed by atoms with E-state index in [9.17, 15) is 18.4 Å². The van der Waals surface area contributed by atoms with Crippen LogP contribution in [0.1, 0.15) is 12.8 Å². The molecule has 1 saturated heterocycles. The molecule has 0 bridgehead atoms. The highest BCUT2D eigenvalue weighted by Gasteiger charge is 2.28. The predicted molar refractivity (Wildman–Crippen MR) is 90.3 cm³/mol. The summed E-state index contributed by atoms with van der Waals surface area (Å²) < 4.78 is 24.8. The molecule has 1 heterocycles. The average Bonchev–Trinajstić information content (AvgIpc) is 2.54. The number of thioether (sulfide) groups is 1. The number of hydrogen-bond acceptors (Lipinski definition) is 3. The average molecular weight is 357 g/mol. The van der Waals surface area contributed by atoms with Crippen molar-refractivity contribution in [3.63, 3.8) is 0 Å². The standard InChI is InChI=1S/C16H21F2N3O2S/c1-20(2)16(23)21-8-6-11(7-9-21)14(22)19-12-4-3-5-13(10-12)24-15(17)18/h3-5,10-11,15H,6-9H2,1-2H3,(H,19,22). The first-order valence-corrected chi connectivity index (χ1v) is 8.56. The highest BCUT2D eigenvalue weighted by atomic mass is 32.2. The molecule has 0 atom stereocenters. The van der Waals surface area contributed by atoms with Crippen molar-refractivity contribution in [3.05, 3.63) is 24.3 Å². The molecular weight excluding hydrogens is 336 g/mol. The summed E-state index contributed by atoms with van der Waals surface area (Å²) in [6.07, 6.45) is 1.19. The summed E-state index contributed by atoms with van der Waals surface area (Å²) in [4.78, 5) is 27.9. The van der Waals surface area contributed by atoms with Crippen molar-refractivity contribution < 1.29 is 18.4 Å². The van der Waals surface area contributed by atoms with E-state index in [1.54, 1.807) is 43.3 Å². The summed E-state index contributed by atoms with van der Waals surface area (Å²) in [5, 5.41) is 2.78. The number of piperidine rings is 1. The minimum absolute atomic E-state index is 0.0504. The first kappa shape index (κ1) is 18.5. The second-order valence-electron chi connectivity index (χ2n) is 5.83. The molecule has 0 radical (unpaired) electrons. The Hall–Kier alpha value is -1.83. The zero-order chi connectivity index (χ0) is 17.7. The van der Waals surface area contributed by atoms with Crippen LogP contribution in [0.3, 0.4) is 0 Å². The molecule has 2 rings (SSSR count). The van der Waals surface area contributed by atoms with Crippen molar-refractivity contribution in [1.82, 2.24) is 9.80 Å². The van der Waals surface area contributed by atoms with E-state index in [0.29, 0.717) is 48.3 Å². The smallest absolute Gasteiger partial charge is 0.319 e. The van der Waals surface area contributed by atoms with E-state index in [0.717, 1.165) is 0 Å². The van der Waals surface area contributed by atoms with Gasteiger partial charge in [-0.15, -0.1) is 0 Å². The number of alkyl halides is 2. The third-order valence-electron chi connectivity index (χ3n) is 3.85. The van der Waals surface area contributed by atoms with E-state index in [-0.39, 0.29) is 17.9 Å². The van der Waals surface area contributed by atoms with Crippen molar-refractivity contribution in [2.45, 2.75) is 23.5 Å². The van der Waals surface area contributed by atoms with Gasteiger partial charge in [-0.2, -0.15) is 8.78 Å². The Morgan fingerprint density at radius 1 is 1.29 bits per heavy atom. The number of halogens is 2. The van der Waals surface area contributed by atoms with Crippen molar-refractivity contribution in [3.8, 4) is 0 Å². The maximum atomic E-state index is 12.4. The predicted octanol–water partition coefficient (Wildman–Crippen LogP) is 3.33. The summed E-state index contributed by atoms with van der Waals surface area (Å²) in [6, 6.07) is 6.39. The number of carbonyl (C=O) groups is 2. The molecule has 5 nitrogen and oxygen atoms in total. The van der Waals surface area contributed by atoms with Crippen LogP contribution in [0.4, 0.5) is 19.3 Å². The van der Waals surface area contributed by atoms with Gasteiger partial charge >= 0.3 is 6.03 Å². The van der Waals surface area contributed by atoms with E-state index in [1.165, 1.54) is 4.90 Å². The molecule has 1 aromatic rings. The highest BCUT2D eigenvalue weighted by molar-refractivity contribution is 7.99. The lowest BCUT2D eigenvalue weighted by molar-refractivity contribution is -0.121. The molecule has 8 heteroatoms. The summed E-state index contributed by atoms with van der Waals surface area (Å²) in [7, 11) is 3.40. The molecule has 0 saturated carbocycles. The molecule has 0 aliphatic carbocycles. The number of rotatable bonds is 4. The maximum Gasteiger partial charge on any atom is 0.319 e. The zero-order valence-corrected chi connectivity index (χ0v) is 14.5. The molecule has 1 N–H and O–H groups in total. The Morgan fingerprint density at radius 2 is 1.96 bits per heavy atom. The Kier molecular flexibility index (Phi) is 6.42. The largest absolute Gasteiger partial charge is 0.331 e. The third kappa shape index (κ3) is 5.09. The summed E-state index contributed by atoms with van der Waals surface area (Å²) in [5.41, 5.74) is 0.512. The fraction of sp³-hybridized carbons (Fsp3) is 0.500. The van der Waals surface area contributed by atoms with Gasteiger partial charge in [-0.05, 0) is 31.0 Å². The normalized spacial score (nSPS) is 15.5. The fourth-order valence-corrected chi connectivity index (χ4v) is 3.17. The van der Waals surface area contributed by atoms with Gasteiger partial charge in [0.2, 0.25) is 5.91 Å². The van der Waals surface area contributed by atoms with Crippen molar-refractivity contribution in [1.29, 1.82) is 0 Å². The Morgan fingerprint density at radius 3 is 2.54 bits per heavy atom. The van der Waals surface area contributed by atoms with Crippen LogP contribution in [0.15, 0.2) is 29.2 Å². The van der Waals surface area contributed by atoms with Gasteiger partial charge in [-0.1, -0.05) is 17.8 Å². The number of carbonyl (C=O) groups excluding carboxylic acids is 2. The Labute approximate surface area is 144 Å². The van der Waals surface area contributed by atoms with Gasteiger partial charge in [0, 0.05) is 43.7 Å². The van der Waals surface area contributed by atoms with Gasteiger partial charge in [0.25, 0.3) is 5.76 Å². The molecule has 0 unspecified atom stereocenters. The lowest BCUT2D eigenvalue weighted by Crippen LogP contribution is -2.45. The molecule has 0 aromatic heterocycles. The highest BCUT2D eigenvalue weighted by Crippen LogP contribution is 2.28. The van der Waals surface area contributed by atoms with Crippen LogP contribution in [-0.4, -0.2) is 54.7 Å². The number of urea groups is 1. The molecule has 24 heavy (non-hydrogen) atoms. The van der Waals surface area contributed by atoms with E-state index < -0.39 is 5.76 Å². The van der Waals surface area contributed by atoms with Gasteiger partial charge in [-0.3, -0.25) is 4.79 Å². The van der Waals surface area contributed by atoms with Gasteiger partial charge < -0.3 is 15.1 Å². The lowest BCUT2D eigenvalue weighted by atomic mass is 9.96. The molecule has 1 aromatic carbocycles.